The number of rotatable bonds is 10. The van der Waals surface area contributed by atoms with Crippen molar-refractivity contribution in [3.05, 3.63) is 113 Å². The summed E-state index contributed by atoms with van der Waals surface area (Å²) in [6.45, 7) is 3.08. The van der Waals surface area contributed by atoms with E-state index in [2.05, 4.69) is 44.3 Å². The number of hydrogen-bond donors (Lipinski definition) is 4. The second-order valence-corrected chi connectivity index (χ2v) is 14.0. The first-order valence-electron chi connectivity index (χ1n) is 18.8. The van der Waals surface area contributed by atoms with Crippen molar-refractivity contribution in [2.45, 2.75) is 83.5 Å². The fourth-order valence-electron chi connectivity index (χ4n) is 7.45. The molecule has 0 spiro atoms. The minimum absolute atomic E-state index is 0.114. The molecule has 8 rings (SSSR count). The third-order valence-electron chi connectivity index (χ3n) is 10.4. The molecule has 1 saturated heterocycles. The molecule has 2 fully saturated rings. The lowest BCUT2D eigenvalue weighted by molar-refractivity contribution is -0.136. The molecule has 12 nitrogen and oxygen atoms in total. The van der Waals surface area contributed by atoms with E-state index in [0.29, 0.717) is 36.7 Å². The van der Waals surface area contributed by atoms with Gasteiger partial charge >= 0.3 is 0 Å². The summed E-state index contributed by atoms with van der Waals surface area (Å²) < 4.78 is 1.91. The van der Waals surface area contributed by atoms with E-state index in [1.807, 2.05) is 65.3 Å². The maximum Gasteiger partial charge on any atom is 0.255 e. The van der Waals surface area contributed by atoms with Crippen LogP contribution in [-0.4, -0.2) is 62.3 Å². The van der Waals surface area contributed by atoms with E-state index in [0.717, 1.165) is 57.9 Å². The minimum atomic E-state index is -0.631. The average molecular weight is 727 g/mol. The topological polar surface area (TPSA) is 150 Å². The van der Waals surface area contributed by atoms with Crippen LogP contribution in [0.1, 0.15) is 89.4 Å². The van der Waals surface area contributed by atoms with Crippen LogP contribution in [0.4, 0.5) is 11.5 Å². The molecule has 4 N–H and O–H groups in total. The number of carbonyl (C=O) groups is 4. The summed E-state index contributed by atoms with van der Waals surface area (Å²) >= 11 is 0. The average Bonchev–Trinajstić information content (AvgIpc) is 3.96. The van der Waals surface area contributed by atoms with Crippen LogP contribution in [-0.2, 0) is 29.1 Å². The van der Waals surface area contributed by atoms with Crippen LogP contribution in [0.3, 0.4) is 0 Å². The van der Waals surface area contributed by atoms with Crippen molar-refractivity contribution >= 4 is 40.8 Å². The summed E-state index contributed by atoms with van der Waals surface area (Å²) in [5, 5.41) is 16.4. The second kappa shape index (κ2) is 16.3. The van der Waals surface area contributed by atoms with Crippen LogP contribution >= 0.6 is 0 Å². The number of aryl methyl sites for hydroxylation is 1. The van der Waals surface area contributed by atoms with E-state index in [1.165, 1.54) is 25.7 Å². The lowest BCUT2D eigenvalue weighted by Gasteiger charge is -2.29. The Morgan fingerprint density at radius 1 is 0.926 bits per heavy atom. The third-order valence-corrected chi connectivity index (χ3v) is 10.4. The highest BCUT2D eigenvalue weighted by Crippen LogP contribution is 2.33. The van der Waals surface area contributed by atoms with E-state index in [-0.39, 0.29) is 24.1 Å². The molecule has 5 aromatic rings. The first-order chi connectivity index (χ1) is 26.3. The summed E-state index contributed by atoms with van der Waals surface area (Å²) in [5.41, 5.74) is 8.16. The van der Waals surface area contributed by atoms with Crippen molar-refractivity contribution in [3.63, 3.8) is 0 Å². The Labute approximate surface area is 314 Å². The second-order valence-electron chi connectivity index (χ2n) is 14.0. The molecule has 2 aromatic heterocycles. The third kappa shape index (κ3) is 7.97. The van der Waals surface area contributed by atoms with Crippen molar-refractivity contribution in [1.82, 2.24) is 30.1 Å². The highest BCUT2D eigenvalue weighted by atomic mass is 16.2. The van der Waals surface area contributed by atoms with E-state index >= 15 is 0 Å². The van der Waals surface area contributed by atoms with Gasteiger partial charge in [-0.05, 0) is 66.6 Å². The number of benzene rings is 3. The molecule has 12 heteroatoms. The van der Waals surface area contributed by atoms with Gasteiger partial charge < -0.3 is 20.9 Å². The van der Waals surface area contributed by atoms with Gasteiger partial charge in [-0.15, -0.1) is 0 Å². The molecular weight excluding hydrogens is 681 g/mol. The zero-order valence-electron chi connectivity index (χ0n) is 30.7. The van der Waals surface area contributed by atoms with Gasteiger partial charge in [-0.2, -0.15) is 9.61 Å². The van der Waals surface area contributed by atoms with Crippen LogP contribution in [0.25, 0.3) is 16.8 Å². The monoisotopic (exact) mass is 726 g/mol. The molecule has 3 aliphatic rings. The number of anilines is 2. The maximum absolute atomic E-state index is 13.0. The predicted octanol–water partition coefficient (Wildman–Crippen LogP) is 6.12. The summed E-state index contributed by atoms with van der Waals surface area (Å²) in [6.07, 6.45) is 9.77. The molecule has 1 atom stereocenters. The maximum atomic E-state index is 13.0. The van der Waals surface area contributed by atoms with Gasteiger partial charge in [0.2, 0.25) is 11.8 Å². The van der Waals surface area contributed by atoms with Gasteiger partial charge in [0.05, 0.1) is 6.20 Å². The zero-order valence-corrected chi connectivity index (χ0v) is 30.7. The fourth-order valence-corrected chi connectivity index (χ4v) is 7.45. The first kappa shape index (κ1) is 36.3. The van der Waals surface area contributed by atoms with Gasteiger partial charge in [0.1, 0.15) is 11.9 Å². The Hall–Kier alpha value is -6.04. The summed E-state index contributed by atoms with van der Waals surface area (Å²) in [6, 6.07) is 25.3. The molecule has 278 valence electrons. The van der Waals surface area contributed by atoms with E-state index in [9.17, 15) is 19.2 Å². The molecule has 1 saturated carbocycles. The standard InChI is InChI=1S/C28H26N4O4.C14H20N4/c1-29-26(34)20-11-9-19(10-12-20)18-7-5-17(6-8-18)15-30-23-4-2-3-21-22(23)16-32(28(21)36)24-13-14-25(33)31-27(24)35;1-2-5-12-10-14(16-11-6-3-4-7-11)18-13(17-12)8-9-15-18/h2-12,24,30H,13-16H2,1H3,(H,29,34)(H,31,33,35);8-11,16H,2-7H2,1H3. The largest absolute Gasteiger partial charge is 0.381 e. The van der Waals surface area contributed by atoms with Gasteiger partial charge in [0.25, 0.3) is 11.8 Å². The summed E-state index contributed by atoms with van der Waals surface area (Å²) in [4.78, 5) is 54.7. The number of aromatic nitrogens is 3. The number of nitrogens with zero attached hydrogens (tertiary/aromatic N) is 4. The van der Waals surface area contributed by atoms with Gasteiger partial charge in [-0.25, -0.2) is 4.98 Å². The Morgan fingerprint density at radius 2 is 1.67 bits per heavy atom. The van der Waals surface area contributed by atoms with Crippen molar-refractivity contribution in [3.8, 4) is 11.1 Å². The van der Waals surface area contributed by atoms with Crippen molar-refractivity contribution in [2.75, 3.05) is 17.7 Å². The number of hydrogen-bond acceptors (Lipinski definition) is 8. The van der Waals surface area contributed by atoms with Crippen LogP contribution in [0.15, 0.2) is 85.1 Å². The smallest absolute Gasteiger partial charge is 0.255 e. The van der Waals surface area contributed by atoms with Crippen LogP contribution in [0.2, 0.25) is 0 Å². The first-order valence-corrected chi connectivity index (χ1v) is 18.8. The normalized spacial score (nSPS) is 16.8. The van der Waals surface area contributed by atoms with Gasteiger partial charge in [-0.1, -0.05) is 68.7 Å². The number of nitrogens with one attached hydrogen (secondary N) is 4. The predicted molar refractivity (Wildman–Crippen MR) is 208 cm³/mol. The zero-order chi connectivity index (χ0) is 37.6. The molecule has 0 radical (unpaired) electrons. The Kier molecular flexibility index (Phi) is 11.0. The molecule has 4 heterocycles. The van der Waals surface area contributed by atoms with E-state index < -0.39 is 11.9 Å². The summed E-state index contributed by atoms with van der Waals surface area (Å²) in [5.74, 6) is 0.0903. The van der Waals surface area contributed by atoms with E-state index in [1.54, 1.807) is 30.1 Å². The van der Waals surface area contributed by atoms with Gasteiger partial charge in [-0.3, -0.25) is 24.5 Å². The SMILES string of the molecule is CCCc1cc(NC2CCCC2)n2nccc2n1.CNC(=O)c1ccc(-c2ccc(CNc3cccc4c3CN(C3CCC(=O)NC3=O)C4=O)cc2)cc1. The highest BCUT2D eigenvalue weighted by Gasteiger charge is 2.39. The molecule has 1 unspecified atom stereocenters. The van der Waals surface area contributed by atoms with Gasteiger partial charge in [0.15, 0.2) is 5.65 Å². The Bertz CT molecular complexity index is 2160. The van der Waals surface area contributed by atoms with E-state index in [4.69, 9.17) is 0 Å². The molecule has 4 amide bonds. The number of amides is 4. The Balaban J connectivity index is 0.000000208. The van der Waals surface area contributed by atoms with Gasteiger partial charge in [0, 0.05) is 72.8 Å². The number of carbonyl (C=O) groups excluding carboxylic acids is 4. The molecule has 54 heavy (non-hydrogen) atoms. The number of piperidine rings is 1. The number of imide groups is 1. The van der Waals surface area contributed by atoms with Crippen LogP contribution in [0, 0.1) is 0 Å². The lowest BCUT2D eigenvalue weighted by Crippen LogP contribution is -2.52. The quantitative estimate of drug-likeness (QED) is 0.126. The van der Waals surface area contributed by atoms with Crippen molar-refractivity contribution < 1.29 is 19.2 Å². The summed E-state index contributed by atoms with van der Waals surface area (Å²) in [7, 11) is 1.61. The molecule has 1 aliphatic carbocycles. The molecular formula is C42H46N8O4. The fraction of sp³-hybridized carbons (Fsp3) is 0.333. The number of fused-ring (bicyclic) bond motifs is 2. The Morgan fingerprint density at radius 3 is 2.37 bits per heavy atom. The lowest BCUT2D eigenvalue weighted by atomic mass is 10.0. The molecule has 3 aromatic carbocycles. The van der Waals surface area contributed by atoms with Crippen molar-refractivity contribution in [1.29, 1.82) is 0 Å². The minimum Gasteiger partial charge on any atom is -0.381 e. The van der Waals surface area contributed by atoms with Crippen LogP contribution in [0.5, 0.6) is 0 Å². The van der Waals surface area contributed by atoms with Crippen LogP contribution < -0.4 is 21.3 Å². The van der Waals surface area contributed by atoms with Crippen molar-refractivity contribution in [2.24, 2.45) is 0 Å². The molecule has 2 aliphatic heterocycles. The molecule has 0 bridgehead atoms. The highest BCUT2D eigenvalue weighted by molar-refractivity contribution is 6.06.